The summed E-state index contributed by atoms with van der Waals surface area (Å²) < 4.78 is 6.59. The van der Waals surface area contributed by atoms with Crippen molar-refractivity contribution in [3.8, 4) is 17.3 Å². The maximum Gasteiger partial charge on any atom is 0.407 e. The van der Waals surface area contributed by atoms with E-state index < -0.39 is 0 Å². The van der Waals surface area contributed by atoms with E-state index in [4.69, 9.17) is 4.74 Å². The van der Waals surface area contributed by atoms with Crippen LogP contribution in [-0.4, -0.2) is 46.3 Å². The van der Waals surface area contributed by atoms with Crippen molar-refractivity contribution in [1.82, 2.24) is 14.9 Å². The summed E-state index contributed by atoms with van der Waals surface area (Å²) in [7, 11) is 1.39. The second-order valence-electron chi connectivity index (χ2n) is 9.97. The van der Waals surface area contributed by atoms with Gasteiger partial charge in [-0.3, -0.25) is 0 Å². The molecule has 9 nitrogen and oxygen atoms in total. The molecule has 2 aromatic heterocycles. The molecule has 1 fully saturated rings. The third-order valence-electron chi connectivity index (χ3n) is 7.05. The zero-order valence-electron chi connectivity index (χ0n) is 21.4. The summed E-state index contributed by atoms with van der Waals surface area (Å²) >= 11 is 0. The smallest absolute Gasteiger partial charge is 0.407 e. The first-order chi connectivity index (χ1) is 17.9. The summed E-state index contributed by atoms with van der Waals surface area (Å²) in [6, 6.07) is 14.7. The zero-order chi connectivity index (χ0) is 25.9. The van der Waals surface area contributed by atoms with Gasteiger partial charge in [-0.2, -0.15) is 20.6 Å². The van der Waals surface area contributed by atoms with Crippen molar-refractivity contribution in [3.63, 3.8) is 0 Å². The molecule has 1 aliphatic heterocycles. The van der Waals surface area contributed by atoms with E-state index >= 15 is 0 Å². The van der Waals surface area contributed by atoms with Gasteiger partial charge in [-0.1, -0.05) is 12.1 Å². The number of nitrogens with one attached hydrogen (secondary N) is 2. The molecule has 2 aliphatic rings. The number of rotatable bonds is 6. The van der Waals surface area contributed by atoms with Crippen LogP contribution >= 0.6 is 0 Å². The number of hydrogen-bond acceptors (Lipinski definition) is 7. The van der Waals surface area contributed by atoms with Crippen LogP contribution in [0.2, 0.25) is 0 Å². The minimum Gasteiger partial charge on any atom is -0.453 e. The van der Waals surface area contributed by atoms with Crippen LogP contribution < -0.4 is 10.6 Å². The number of aromatic nitrogens is 2. The summed E-state index contributed by atoms with van der Waals surface area (Å²) in [5.74, 6) is 0.384. The number of carbonyl (C=O) groups excluding carboxylic acids is 1. The normalized spacial score (nSPS) is 19.3. The Kier molecular flexibility index (Phi) is 6.91. The summed E-state index contributed by atoms with van der Waals surface area (Å²) in [6.07, 6.45) is 5.75. The minimum atomic E-state index is -0.364. The molecule has 0 radical (unpaired) electrons. The Morgan fingerprint density at radius 3 is 2.68 bits per heavy atom. The molecule has 1 aliphatic carbocycles. The van der Waals surface area contributed by atoms with Gasteiger partial charge in [0.25, 0.3) is 0 Å². The number of alkyl carbamates (subject to hydrolysis) is 1. The second-order valence-corrected chi connectivity index (χ2v) is 9.97. The maximum atomic E-state index is 11.5. The number of ether oxygens (including phenoxy) is 1. The lowest BCUT2D eigenvalue weighted by atomic mass is 9.81. The summed E-state index contributed by atoms with van der Waals surface area (Å²) in [5.41, 5.74) is 7.57. The highest BCUT2D eigenvalue weighted by atomic mass is 16.5. The molecule has 5 rings (SSSR count). The lowest BCUT2D eigenvalue weighted by Crippen LogP contribution is -2.38. The molecule has 37 heavy (non-hydrogen) atoms. The van der Waals surface area contributed by atoms with E-state index in [1.807, 2.05) is 22.7 Å². The Morgan fingerprint density at radius 1 is 1.14 bits per heavy atom. The van der Waals surface area contributed by atoms with Gasteiger partial charge in [-0.25, -0.2) is 9.31 Å². The van der Waals surface area contributed by atoms with E-state index in [-0.39, 0.29) is 18.2 Å². The van der Waals surface area contributed by atoms with Crippen LogP contribution in [0.25, 0.3) is 16.8 Å². The Hall–Kier alpha value is -4.19. The minimum absolute atomic E-state index is 0.159. The van der Waals surface area contributed by atoms with Crippen LogP contribution in [-0.2, 0) is 4.74 Å². The molecule has 2 N–H and O–H groups in total. The lowest BCUT2D eigenvalue weighted by Gasteiger charge is -2.28. The van der Waals surface area contributed by atoms with Crippen molar-refractivity contribution < 1.29 is 9.53 Å². The molecule has 1 amide bonds. The molecule has 0 bridgehead atoms. The van der Waals surface area contributed by atoms with E-state index in [1.165, 1.54) is 7.11 Å². The van der Waals surface area contributed by atoms with Gasteiger partial charge in [0, 0.05) is 41.0 Å². The van der Waals surface area contributed by atoms with Crippen LogP contribution in [0.4, 0.5) is 10.5 Å². The highest BCUT2D eigenvalue weighted by molar-refractivity contribution is 6.18. The van der Waals surface area contributed by atoms with Gasteiger partial charge in [0.2, 0.25) is 0 Å². The van der Waals surface area contributed by atoms with Crippen molar-refractivity contribution in [1.29, 1.82) is 5.26 Å². The topological polar surface area (TPSA) is 116 Å². The number of nitriles is 1. The molecule has 0 saturated heterocycles. The van der Waals surface area contributed by atoms with Crippen molar-refractivity contribution >= 4 is 28.7 Å². The van der Waals surface area contributed by atoms with Crippen LogP contribution in [0, 0.1) is 17.2 Å². The van der Waals surface area contributed by atoms with Crippen molar-refractivity contribution in [2.75, 3.05) is 12.4 Å². The van der Waals surface area contributed by atoms with Crippen LogP contribution in [0.1, 0.15) is 57.1 Å². The van der Waals surface area contributed by atoms with Crippen molar-refractivity contribution in [2.45, 2.75) is 58.0 Å². The molecule has 1 saturated carbocycles. The molecule has 190 valence electrons. The number of benzene rings is 1. The number of hydrogen-bond donors (Lipinski definition) is 2. The fourth-order valence-corrected chi connectivity index (χ4v) is 5.20. The second kappa shape index (κ2) is 10.4. The van der Waals surface area contributed by atoms with E-state index in [0.717, 1.165) is 71.6 Å². The van der Waals surface area contributed by atoms with E-state index in [1.54, 1.807) is 6.20 Å². The monoisotopic (exact) mass is 497 g/mol. The third kappa shape index (κ3) is 5.19. The molecular formula is C28H31N7O2. The van der Waals surface area contributed by atoms with Crippen LogP contribution in [0.5, 0.6) is 0 Å². The van der Waals surface area contributed by atoms with E-state index in [9.17, 15) is 10.1 Å². The van der Waals surface area contributed by atoms with Crippen LogP contribution in [0.15, 0.2) is 52.8 Å². The van der Waals surface area contributed by atoms with Gasteiger partial charge in [0.1, 0.15) is 6.07 Å². The number of anilines is 1. The molecule has 0 unspecified atom stereocenters. The first-order valence-corrected chi connectivity index (χ1v) is 12.7. The average Bonchev–Trinajstić information content (AvgIpc) is 3.56. The largest absolute Gasteiger partial charge is 0.453 e. The maximum absolute atomic E-state index is 11.5. The first-order valence-electron chi connectivity index (χ1n) is 12.7. The zero-order valence-corrected chi connectivity index (χ0v) is 21.4. The van der Waals surface area contributed by atoms with Crippen LogP contribution in [0.3, 0.4) is 0 Å². The number of carbonyl (C=O) groups is 1. The Balaban J connectivity index is 1.33. The van der Waals surface area contributed by atoms with Crippen molar-refractivity contribution in [2.24, 2.45) is 16.1 Å². The van der Waals surface area contributed by atoms with E-state index in [2.05, 4.69) is 64.1 Å². The molecule has 9 heteroatoms. The average molecular weight is 498 g/mol. The Labute approximate surface area is 216 Å². The quantitative estimate of drug-likeness (QED) is 0.488. The summed E-state index contributed by atoms with van der Waals surface area (Å²) in [4.78, 5) is 11.5. The highest BCUT2D eigenvalue weighted by Gasteiger charge is 2.29. The summed E-state index contributed by atoms with van der Waals surface area (Å²) in [5, 5.41) is 29.3. The van der Waals surface area contributed by atoms with Gasteiger partial charge < -0.3 is 15.4 Å². The predicted octanol–water partition coefficient (Wildman–Crippen LogP) is 5.16. The SMILES string of the molecule is COC(=O)NC1CCC(C2=NN=C(c3ccc(-c4ccc5cc(C#N)cnn45)cc3NC(C)C)C2)CC1. The standard InChI is InChI=1S/C28H31N7O2/c1-17(2)31-25-13-20(27-11-9-22-12-18(15-29)16-30-35(22)27)6-10-23(25)26-14-24(33-34-26)19-4-7-21(8-5-19)32-28(36)37-3/h6,9-13,16-17,19,21,31H,4-5,7-8,14H2,1-3H3,(H,32,36). The number of amides is 1. The molecule has 0 atom stereocenters. The summed E-state index contributed by atoms with van der Waals surface area (Å²) in [6.45, 7) is 4.24. The number of methoxy groups -OCH3 is 1. The molecule has 3 heterocycles. The van der Waals surface area contributed by atoms with Gasteiger partial charge >= 0.3 is 6.09 Å². The van der Waals surface area contributed by atoms with Gasteiger partial charge in [0.05, 0.1) is 35.8 Å². The number of fused-ring (bicyclic) bond motifs is 1. The first kappa shape index (κ1) is 24.5. The third-order valence-corrected chi connectivity index (χ3v) is 7.05. The fourth-order valence-electron chi connectivity index (χ4n) is 5.20. The van der Waals surface area contributed by atoms with Gasteiger partial charge in [-0.05, 0) is 69.7 Å². The van der Waals surface area contributed by atoms with Gasteiger partial charge in [0.15, 0.2) is 0 Å². The number of nitrogens with zero attached hydrogens (tertiary/aromatic N) is 5. The molecule has 0 spiro atoms. The molecular weight excluding hydrogens is 466 g/mol. The molecule has 1 aromatic carbocycles. The lowest BCUT2D eigenvalue weighted by molar-refractivity contribution is 0.162. The fraction of sp³-hybridized carbons (Fsp3) is 0.393. The predicted molar refractivity (Wildman–Crippen MR) is 144 cm³/mol. The Morgan fingerprint density at radius 2 is 1.95 bits per heavy atom. The van der Waals surface area contributed by atoms with E-state index in [0.29, 0.717) is 11.5 Å². The van der Waals surface area contributed by atoms with Gasteiger partial charge in [-0.15, -0.1) is 0 Å². The highest BCUT2D eigenvalue weighted by Crippen LogP contribution is 2.33. The molecule has 3 aromatic rings. The van der Waals surface area contributed by atoms with Crippen molar-refractivity contribution in [3.05, 3.63) is 53.7 Å². The Bertz CT molecular complexity index is 1420.